The van der Waals surface area contributed by atoms with E-state index in [-0.39, 0.29) is 11.7 Å². The fourth-order valence-corrected chi connectivity index (χ4v) is 3.82. The smallest absolute Gasteiger partial charge is 0.270 e. The summed E-state index contributed by atoms with van der Waals surface area (Å²) in [6.45, 7) is 0.882. The van der Waals surface area contributed by atoms with Crippen LogP contribution in [0.25, 0.3) is 22.4 Å². The molecule has 0 spiro atoms. The number of fused-ring (bicyclic) bond motifs is 1. The molecule has 0 aliphatic heterocycles. The number of amides is 1. The van der Waals surface area contributed by atoms with Crippen molar-refractivity contribution in [2.75, 3.05) is 7.05 Å². The molecule has 0 bridgehead atoms. The van der Waals surface area contributed by atoms with Gasteiger partial charge in [0.2, 0.25) is 0 Å². The molecule has 0 saturated heterocycles. The van der Waals surface area contributed by atoms with Crippen molar-refractivity contribution in [3.05, 3.63) is 108 Å². The standard InChI is InChI=1S/C26H21FN2O3/c1-28(17-21-8-5-13-31-21)26(30)23-15-25-22(29(23)16-18-6-3-2-4-7-18)14-24(32-25)19-9-11-20(27)12-10-19/h2-15H,16-17H2,1H3. The topological polar surface area (TPSA) is 51.5 Å². The summed E-state index contributed by atoms with van der Waals surface area (Å²) in [5.74, 6) is 0.905. The van der Waals surface area contributed by atoms with E-state index < -0.39 is 0 Å². The summed E-state index contributed by atoms with van der Waals surface area (Å²) in [6, 6.07) is 23.4. The van der Waals surface area contributed by atoms with E-state index in [2.05, 4.69) is 0 Å². The van der Waals surface area contributed by atoms with Crippen molar-refractivity contribution >= 4 is 17.0 Å². The molecule has 5 rings (SSSR count). The van der Waals surface area contributed by atoms with Crippen LogP contribution in [-0.2, 0) is 13.1 Å². The summed E-state index contributed by atoms with van der Waals surface area (Å²) < 4.78 is 26.7. The Bertz CT molecular complexity index is 1350. The normalized spacial score (nSPS) is 11.2. The van der Waals surface area contributed by atoms with Gasteiger partial charge in [0.05, 0.1) is 18.3 Å². The lowest BCUT2D eigenvalue weighted by Crippen LogP contribution is -2.28. The Morgan fingerprint density at radius 2 is 1.78 bits per heavy atom. The molecule has 160 valence electrons. The van der Waals surface area contributed by atoms with E-state index in [0.717, 1.165) is 16.6 Å². The molecule has 0 saturated carbocycles. The summed E-state index contributed by atoms with van der Waals surface area (Å²) in [4.78, 5) is 14.9. The van der Waals surface area contributed by atoms with Gasteiger partial charge in [-0.05, 0) is 42.0 Å². The van der Waals surface area contributed by atoms with Gasteiger partial charge in [0.15, 0.2) is 5.58 Å². The van der Waals surface area contributed by atoms with Crippen molar-refractivity contribution < 1.29 is 18.0 Å². The molecule has 5 aromatic rings. The number of hydrogen-bond acceptors (Lipinski definition) is 3. The van der Waals surface area contributed by atoms with Crippen molar-refractivity contribution in [2.24, 2.45) is 0 Å². The van der Waals surface area contributed by atoms with Crippen LogP contribution < -0.4 is 0 Å². The number of aromatic nitrogens is 1. The van der Waals surface area contributed by atoms with Crippen LogP contribution in [-0.4, -0.2) is 22.4 Å². The maximum absolute atomic E-state index is 13.3. The monoisotopic (exact) mass is 428 g/mol. The Kier molecular flexibility index (Phi) is 5.11. The number of rotatable bonds is 6. The highest BCUT2D eigenvalue weighted by Gasteiger charge is 2.23. The van der Waals surface area contributed by atoms with Gasteiger partial charge in [-0.3, -0.25) is 4.79 Å². The predicted octanol–water partition coefficient (Wildman–Crippen LogP) is 5.95. The van der Waals surface area contributed by atoms with E-state index >= 15 is 0 Å². The van der Waals surface area contributed by atoms with Crippen LogP contribution in [0.1, 0.15) is 21.8 Å². The highest BCUT2D eigenvalue weighted by atomic mass is 19.1. The Morgan fingerprint density at radius 3 is 2.50 bits per heavy atom. The second kappa shape index (κ2) is 8.23. The lowest BCUT2D eigenvalue weighted by molar-refractivity contribution is 0.0765. The van der Waals surface area contributed by atoms with Crippen LogP contribution in [0.5, 0.6) is 0 Å². The molecular weight excluding hydrogens is 407 g/mol. The average Bonchev–Trinajstić information content (AvgIpc) is 3.53. The number of benzene rings is 2. The van der Waals surface area contributed by atoms with Gasteiger partial charge in [-0.15, -0.1) is 0 Å². The van der Waals surface area contributed by atoms with Crippen molar-refractivity contribution in [3.8, 4) is 11.3 Å². The van der Waals surface area contributed by atoms with Crippen molar-refractivity contribution in [1.82, 2.24) is 9.47 Å². The minimum Gasteiger partial charge on any atom is -0.467 e. The lowest BCUT2D eigenvalue weighted by atomic mass is 10.2. The molecule has 5 nitrogen and oxygen atoms in total. The Labute approximate surface area is 184 Å². The molecule has 3 aromatic heterocycles. The third-order valence-electron chi connectivity index (χ3n) is 5.44. The first-order valence-corrected chi connectivity index (χ1v) is 10.3. The van der Waals surface area contributed by atoms with Gasteiger partial charge >= 0.3 is 0 Å². The fraction of sp³-hybridized carbons (Fsp3) is 0.115. The molecule has 0 fully saturated rings. The third kappa shape index (κ3) is 3.83. The Morgan fingerprint density at radius 1 is 1.00 bits per heavy atom. The Balaban J connectivity index is 1.55. The summed E-state index contributed by atoms with van der Waals surface area (Å²) in [5, 5.41) is 0. The Hall–Kier alpha value is -4.06. The number of furan rings is 2. The highest BCUT2D eigenvalue weighted by molar-refractivity contribution is 5.98. The van der Waals surface area contributed by atoms with E-state index in [1.54, 1.807) is 42.5 Å². The van der Waals surface area contributed by atoms with Crippen LogP contribution in [0.4, 0.5) is 4.39 Å². The summed E-state index contributed by atoms with van der Waals surface area (Å²) in [6.07, 6.45) is 1.59. The zero-order valence-electron chi connectivity index (χ0n) is 17.5. The second-order valence-corrected chi connectivity index (χ2v) is 7.71. The van der Waals surface area contributed by atoms with Crippen LogP contribution >= 0.6 is 0 Å². The third-order valence-corrected chi connectivity index (χ3v) is 5.44. The zero-order chi connectivity index (χ0) is 22.1. The fourth-order valence-electron chi connectivity index (χ4n) is 3.82. The maximum Gasteiger partial charge on any atom is 0.270 e. The molecule has 0 radical (unpaired) electrons. The number of nitrogens with zero attached hydrogens (tertiary/aromatic N) is 2. The molecule has 0 unspecified atom stereocenters. The first-order valence-electron chi connectivity index (χ1n) is 10.3. The predicted molar refractivity (Wildman–Crippen MR) is 120 cm³/mol. The van der Waals surface area contributed by atoms with Crippen molar-refractivity contribution in [1.29, 1.82) is 0 Å². The van der Waals surface area contributed by atoms with Gasteiger partial charge in [0.1, 0.15) is 23.0 Å². The minimum absolute atomic E-state index is 0.132. The van der Waals surface area contributed by atoms with Gasteiger partial charge in [-0.25, -0.2) is 4.39 Å². The molecule has 0 aliphatic carbocycles. The molecule has 3 heterocycles. The van der Waals surface area contributed by atoms with Crippen LogP contribution in [0, 0.1) is 5.82 Å². The summed E-state index contributed by atoms with van der Waals surface area (Å²) in [7, 11) is 1.75. The molecule has 2 aromatic carbocycles. The molecule has 6 heteroatoms. The minimum atomic E-state index is -0.300. The number of carbonyl (C=O) groups excluding carboxylic acids is 1. The summed E-state index contributed by atoms with van der Waals surface area (Å²) in [5.41, 5.74) is 3.79. The molecule has 1 amide bonds. The first kappa shape index (κ1) is 19.9. The average molecular weight is 428 g/mol. The zero-order valence-corrected chi connectivity index (χ0v) is 17.5. The second-order valence-electron chi connectivity index (χ2n) is 7.71. The maximum atomic E-state index is 13.3. The van der Waals surface area contributed by atoms with E-state index in [1.165, 1.54) is 12.1 Å². The molecule has 0 N–H and O–H groups in total. The van der Waals surface area contributed by atoms with Crippen LogP contribution in [0.2, 0.25) is 0 Å². The number of hydrogen-bond donors (Lipinski definition) is 0. The number of halogens is 1. The van der Waals surface area contributed by atoms with Gasteiger partial charge in [-0.2, -0.15) is 0 Å². The van der Waals surface area contributed by atoms with E-state index in [9.17, 15) is 9.18 Å². The van der Waals surface area contributed by atoms with Crippen molar-refractivity contribution in [2.45, 2.75) is 13.1 Å². The van der Waals surface area contributed by atoms with Gasteiger partial charge in [0, 0.05) is 31.3 Å². The highest BCUT2D eigenvalue weighted by Crippen LogP contribution is 2.31. The van der Waals surface area contributed by atoms with Gasteiger partial charge in [0.25, 0.3) is 5.91 Å². The van der Waals surface area contributed by atoms with Crippen molar-refractivity contribution in [3.63, 3.8) is 0 Å². The summed E-state index contributed by atoms with van der Waals surface area (Å²) >= 11 is 0. The molecule has 32 heavy (non-hydrogen) atoms. The largest absolute Gasteiger partial charge is 0.467 e. The lowest BCUT2D eigenvalue weighted by Gasteiger charge is -2.17. The molecular formula is C26H21FN2O3. The van der Waals surface area contributed by atoms with Crippen LogP contribution in [0.15, 0.2) is 94.0 Å². The number of carbonyl (C=O) groups is 1. The SMILES string of the molecule is CN(Cc1ccco1)C(=O)c1cc2oc(-c3ccc(F)cc3)cc2n1Cc1ccccc1. The first-order chi connectivity index (χ1) is 15.6. The van der Waals surface area contributed by atoms with Crippen LogP contribution in [0.3, 0.4) is 0 Å². The van der Waals surface area contributed by atoms with E-state index in [4.69, 9.17) is 8.83 Å². The van der Waals surface area contributed by atoms with Gasteiger partial charge in [-0.1, -0.05) is 30.3 Å². The molecule has 0 aliphatic rings. The van der Waals surface area contributed by atoms with Gasteiger partial charge < -0.3 is 18.3 Å². The molecule has 0 atom stereocenters. The van der Waals surface area contributed by atoms with E-state index in [1.807, 2.05) is 47.0 Å². The van der Waals surface area contributed by atoms with E-state index in [0.29, 0.717) is 35.9 Å². The quantitative estimate of drug-likeness (QED) is 0.336.